The number of nitrogens with zero attached hydrogens (tertiary/aromatic N) is 1. The third-order valence-electron chi connectivity index (χ3n) is 4.03. The first-order chi connectivity index (χ1) is 12.4. The van der Waals surface area contributed by atoms with E-state index in [0.29, 0.717) is 11.5 Å². The van der Waals surface area contributed by atoms with E-state index in [9.17, 15) is 18.4 Å². The first-order valence-electron chi connectivity index (χ1n) is 7.75. The number of anilines is 2. The van der Waals surface area contributed by atoms with Crippen molar-refractivity contribution in [3.63, 3.8) is 0 Å². The highest BCUT2D eigenvalue weighted by Gasteiger charge is 2.40. The van der Waals surface area contributed by atoms with Crippen LogP contribution in [0, 0.1) is 11.6 Å². The molecule has 1 atom stereocenters. The van der Waals surface area contributed by atoms with Gasteiger partial charge in [0.25, 0.3) is 5.91 Å². The second-order valence-corrected chi connectivity index (χ2v) is 5.64. The van der Waals surface area contributed by atoms with E-state index in [1.54, 1.807) is 18.2 Å². The Bertz CT molecular complexity index is 872. The predicted molar refractivity (Wildman–Crippen MR) is 90.4 cm³/mol. The van der Waals surface area contributed by atoms with Crippen LogP contribution >= 0.6 is 0 Å². The van der Waals surface area contributed by atoms with E-state index in [1.807, 2.05) is 0 Å². The lowest BCUT2D eigenvalue weighted by molar-refractivity contribution is -0.121. The molecule has 1 aliphatic rings. The highest BCUT2D eigenvalue weighted by molar-refractivity contribution is 6.23. The van der Waals surface area contributed by atoms with Crippen LogP contribution in [0.15, 0.2) is 36.4 Å². The summed E-state index contributed by atoms with van der Waals surface area (Å²) >= 11 is 0. The molecule has 2 aromatic carbocycles. The molecule has 0 aromatic heterocycles. The van der Waals surface area contributed by atoms with E-state index in [1.165, 1.54) is 20.3 Å². The Labute approximate surface area is 148 Å². The smallest absolute Gasteiger partial charge is 0.256 e. The zero-order valence-corrected chi connectivity index (χ0v) is 14.1. The summed E-state index contributed by atoms with van der Waals surface area (Å²) < 4.78 is 36.7. The molecule has 0 unspecified atom stereocenters. The van der Waals surface area contributed by atoms with Gasteiger partial charge in [0.1, 0.15) is 17.5 Å². The van der Waals surface area contributed by atoms with Gasteiger partial charge in [0.05, 0.1) is 26.3 Å². The fourth-order valence-electron chi connectivity index (χ4n) is 2.75. The number of imide groups is 1. The Morgan fingerprint density at radius 1 is 1.04 bits per heavy atom. The Morgan fingerprint density at radius 2 is 1.81 bits per heavy atom. The molecule has 0 spiro atoms. The Kier molecular flexibility index (Phi) is 4.75. The number of hydrogen-bond donors (Lipinski definition) is 1. The summed E-state index contributed by atoms with van der Waals surface area (Å²) in [6.07, 6.45) is -0.118. The number of rotatable bonds is 5. The molecule has 0 radical (unpaired) electrons. The van der Waals surface area contributed by atoms with Crippen molar-refractivity contribution in [2.75, 3.05) is 24.4 Å². The van der Waals surface area contributed by atoms with Crippen molar-refractivity contribution in [3.05, 3.63) is 48.0 Å². The number of methoxy groups -OCH3 is 2. The van der Waals surface area contributed by atoms with E-state index >= 15 is 0 Å². The average molecular weight is 362 g/mol. The van der Waals surface area contributed by atoms with Crippen LogP contribution in [0.3, 0.4) is 0 Å². The minimum atomic E-state index is -1.04. The molecule has 1 N–H and O–H groups in total. The molecule has 1 saturated heterocycles. The summed E-state index contributed by atoms with van der Waals surface area (Å²) in [7, 11) is 2.91. The molecule has 6 nitrogen and oxygen atoms in total. The van der Waals surface area contributed by atoms with Gasteiger partial charge in [-0.25, -0.2) is 13.7 Å². The summed E-state index contributed by atoms with van der Waals surface area (Å²) in [5.74, 6) is -2.16. The lowest BCUT2D eigenvalue weighted by Crippen LogP contribution is -2.35. The van der Waals surface area contributed by atoms with Crippen LogP contribution in [0.5, 0.6) is 11.5 Å². The normalized spacial score (nSPS) is 16.8. The van der Waals surface area contributed by atoms with E-state index in [4.69, 9.17) is 9.47 Å². The second kappa shape index (κ2) is 6.99. The molecule has 26 heavy (non-hydrogen) atoms. The van der Waals surface area contributed by atoms with Gasteiger partial charge in [0.15, 0.2) is 11.6 Å². The summed E-state index contributed by atoms with van der Waals surface area (Å²) in [5.41, 5.74) is 0.497. The zero-order valence-electron chi connectivity index (χ0n) is 14.1. The maximum atomic E-state index is 13.3. The van der Waals surface area contributed by atoms with Gasteiger partial charge in [-0.05, 0) is 24.3 Å². The van der Waals surface area contributed by atoms with Crippen LogP contribution in [-0.4, -0.2) is 32.1 Å². The summed E-state index contributed by atoms with van der Waals surface area (Å²) in [5, 5.41) is 2.76. The standard InChI is InChI=1S/C18H16F2N2O4/c1-25-11-4-6-15(16(8-11)26-2)22-17(23)9-14(18(22)24)21-10-3-5-12(19)13(20)7-10/h3-8,14,21H,9H2,1-2H3/t14-/m1/s1. The van der Waals surface area contributed by atoms with Crippen molar-refractivity contribution in [2.45, 2.75) is 12.5 Å². The fourth-order valence-corrected chi connectivity index (χ4v) is 2.75. The van der Waals surface area contributed by atoms with E-state index in [0.717, 1.165) is 17.0 Å². The van der Waals surface area contributed by atoms with Crippen LogP contribution in [-0.2, 0) is 9.59 Å². The van der Waals surface area contributed by atoms with Gasteiger partial charge in [-0.15, -0.1) is 0 Å². The number of benzene rings is 2. The molecule has 136 valence electrons. The number of ether oxygens (including phenoxy) is 2. The predicted octanol–water partition coefficient (Wildman–Crippen LogP) is 2.73. The molecule has 3 rings (SSSR count). The lowest BCUT2D eigenvalue weighted by Gasteiger charge is -2.19. The van der Waals surface area contributed by atoms with Gasteiger partial charge in [-0.2, -0.15) is 0 Å². The zero-order chi connectivity index (χ0) is 18.8. The first-order valence-corrected chi connectivity index (χ1v) is 7.75. The number of nitrogens with one attached hydrogen (secondary N) is 1. The van der Waals surface area contributed by atoms with Crippen LogP contribution in [0.2, 0.25) is 0 Å². The molecule has 2 amide bonds. The van der Waals surface area contributed by atoms with Crippen molar-refractivity contribution in [3.8, 4) is 11.5 Å². The largest absolute Gasteiger partial charge is 0.497 e. The molecule has 8 heteroatoms. The highest BCUT2D eigenvalue weighted by atomic mass is 19.2. The highest BCUT2D eigenvalue weighted by Crippen LogP contribution is 2.35. The van der Waals surface area contributed by atoms with Crippen molar-refractivity contribution in [1.82, 2.24) is 0 Å². The minimum Gasteiger partial charge on any atom is -0.497 e. The molecule has 1 heterocycles. The quantitative estimate of drug-likeness (QED) is 0.829. The van der Waals surface area contributed by atoms with Gasteiger partial charge in [-0.3, -0.25) is 9.59 Å². The molecule has 0 saturated carbocycles. The fraction of sp³-hybridized carbons (Fsp3) is 0.222. The number of hydrogen-bond acceptors (Lipinski definition) is 5. The molecule has 0 bridgehead atoms. The second-order valence-electron chi connectivity index (χ2n) is 5.64. The van der Waals surface area contributed by atoms with Crippen molar-refractivity contribution < 1.29 is 27.8 Å². The third-order valence-corrected chi connectivity index (χ3v) is 4.03. The number of amides is 2. The number of halogens is 2. The van der Waals surface area contributed by atoms with Gasteiger partial charge in [0, 0.05) is 17.8 Å². The van der Waals surface area contributed by atoms with E-state index in [-0.39, 0.29) is 17.8 Å². The Hall–Kier alpha value is -3.16. The molecule has 1 aliphatic heterocycles. The third kappa shape index (κ3) is 3.17. The first kappa shape index (κ1) is 17.7. The summed E-state index contributed by atoms with van der Waals surface area (Å²) in [6.45, 7) is 0. The molecular formula is C18H16F2N2O4. The monoisotopic (exact) mass is 362 g/mol. The van der Waals surface area contributed by atoms with Gasteiger partial charge < -0.3 is 14.8 Å². The molecular weight excluding hydrogens is 346 g/mol. The molecule has 0 aliphatic carbocycles. The number of carbonyl (C=O) groups excluding carboxylic acids is 2. The van der Waals surface area contributed by atoms with Crippen LogP contribution in [0.4, 0.5) is 20.2 Å². The maximum absolute atomic E-state index is 13.3. The summed E-state index contributed by atoms with van der Waals surface area (Å²) in [4.78, 5) is 26.1. The van der Waals surface area contributed by atoms with Crippen LogP contribution in [0.1, 0.15) is 6.42 Å². The molecule has 2 aromatic rings. The van der Waals surface area contributed by atoms with Gasteiger partial charge >= 0.3 is 0 Å². The lowest BCUT2D eigenvalue weighted by atomic mass is 10.2. The topological polar surface area (TPSA) is 67.9 Å². The van der Waals surface area contributed by atoms with E-state index < -0.39 is 29.5 Å². The number of carbonyl (C=O) groups is 2. The SMILES string of the molecule is COc1ccc(N2C(=O)C[C@@H](Nc3ccc(F)c(F)c3)C2=O)c(OC)c1. The van der Waals surface area contributed by atoms with E-state index in [2.05, 4.69) is 5.32 Å². The Balaban J connectivity index is 1.86. The van der Waals surface area contributed by atoms with Crippen LogP contribution in [0.25, 0.3) is 0 Å². The summed E-state index contributed by atoms with van der Waals surface area (Å²) in [6, 6.07) is 7.01. The van der Waals surface area contributed by atoms with Crippen molar-refractivity contribution in [2.24, 2.45) is 0 Å². The average Bonchev–Trinajstić information content (AvgIpc) is 2.91. The van der Waals surface area contributed by atoms with Gasteiger partial charge in [-0.1, -0.05) is 0 Å². The Morgan fingerprint density at radius 3 is 2.46 bits per heavy atom. The minimum absolute atomic E-state index is 0.118. The van der Waals surface area contributed by atoms with Crippen molar-refractivity contribution >= 4 is 23.2 Å². The van der Waals surface area contributed by atoms with Gasteiger partial charge in [0.2, 0.25) is 5.91 Å². The molecule has 1 fully saturated rings. The van der Waals surface area contributed by atoms with Crippen molar-refractivity contribution in [1.29, 1.82) is 0 Å². The maximum Gasteiger partial charge on any atom is 0.256 e. The van der Waals surface area contributed by atoms with Crippen LogP contribution < -0.4 is 19.7 Å².